The van der Waals surface area contributed by atoms with Gasteiger partial charge in [0.2, 0.25) is 0 Å². The van der Waals surface area contributed by atoms with Crippen molar-refractivity contribution in [3.8, 4) is 45.0 Å². The molecular formula is C49H33N5S. The van der Waals surface area contributed by atoms with Crippen molar-refractivity contribution in [3.05, 3.63) is 205 Å². The lowest BCUT2D eigenvalue weighted by atomic mass is 10.0. The maximum Gasteiger partial charge on any atom is 0.169 e. The zero-order chi connectivity index (χ0) is 36.6. The highest BCUT2D eigenvalue weighted by atomic mass is 32.1. The Balaban J connectivity index is 1.08. The average molecular weight is 724 g/mol. The number of thiophene rings is 1. The van der Waals surface area contributed by atoms with E-state index < -0.39 is 6.17 Å². The molecule has 5 nitrogen and oxygen atoms in total. The minimum atomic E-state index is -0.475. The van der Waals surface area contributed by atoms with Crippen molar-refractivity contribution in [2.45, 2.75) is 6.17 Å². The number of amidine groups is 2. The first-order valence-corrected chi connectivity index (χ1v) is 19.1. The fraction of sp³-hybridized carbons (Fsp3) is 0.0204. The third kappa shape index (κ3) is 6.49. The van der Waals surface area contributed by atoms with Crippen LogP contribution in [0.2, 0.25) is 0 Å². The molecule has 0 amide bonds. The maximum atomic E-state index is 5.23. The molecule has 3 heterocycles. The van der Waals surface area contributed by atoms with E-state index in [1.165, 1.54) is 20.2 Å². The second-order valence-electron chi connectivity index (χ2n) is 13.5. The average Bonchev–Trinajstić information content (AvgIpc) is 3.65. The summed E-state index contributed by atoms with van der Waals surface area (Å²) in [5.74, 6) is 2.23. The van der Waals surface area contributed by atoms with Crippen molar-refractivity contribution in [3.63, 3.8) is 0 Å². The van der Waals surface area contributed by atoms with E-state index >= 15 is 0 Å². The Kier molecular flexibility index (Phi) is 8.35. The highest BCUT2D eigenvalue weighted by Gasteiger charge is 2.22. The quantitative estimate of drug-likeness (QED) is 0.178. The largest absolute Gasteiger partial charge is 0.324 e. The molecule has 2 aromatic heterocycles. The molecule has 1 atom stereocenters. The first-order valence-electron chi connectivity index (χ1n) is 18.3. The van der Waals surface area contributed by atoms with Crippen LogP contribution in [0.1, 0.15) is 22.9 Å². The molecule has 1 N–H and O–H groups in total. The highest BCUT2D eigenvalue weighted by Crippen LogP contribution is 2.37. The summed E-state index contributed by atoms with van der Waals surface area (Å²) in [6, 6.07) is 65.2. The second kappa shape index (κ2) is 14.1. The van der Waals surface area contributed by atoms with Gasteiger partial charge in [-0.2, -0.15) is 0 Å². The third-order valence-electron chi connectivity index (χ3n) is 9.94. The lowest BCUT2D eigenvalue weighted by Gasteiger charge is -2.23. The van der Waals surface area contributed by atoms with Crippen LogP contribution >= 0.6 is 11.3 Å². The predicted octanol–water partition coefficient (Wildman–Crippen LogP) is 12.0. The molecule has 0 bridgehead atoms. The Bertz CT molecular complexity index is 2900. The Morgan fingerprint density at radius 3 is 1.71 bits per heavy atom. The fourth-order valence-electron chi connectivity index (χ4n) is 7.17. The zero-order valence-electron chi connectivity index (χ0n) is 29.7. The molecule has 0 spiro atoms. The van der Waals surface area contributed by atoms with Gasteiger partial charge >= 0.3 is 0 Å². The zero-order valence-corrected chi connectivity index (χ0v) is 30.5. The number of aromatic nitrogens is 2. The van der Waals surface area contributed by atoms with Gasteiger partial charge in [-0.05, 0) is 47.0 Å². The van der Waals surface area contributed by atoms with Gasteiger partial charge in [-0.15, -0.1) is 11.3 Å². The number of rotatable bonds is 7. The molecular weight excluding hydrogens is 691 g/mol. The Morgan fingerprint density at radius 1 is 0.382 bits per heavy atom. The minimum Gasteiger partial charge on any atom is -0.324 e. The van der Waals surface area contributed by atoms with E-state index in [4.69, 9.17) is 20.0 Å². The van der Waals surface area contributed by atoms with Crippen LogP contribution in [-0.4, -0.2) is 21.6 Å². The van der Waals surface area contributed by atoms with E-state index in [0.717, 1.165) is 67.6 Å². The number of hydrogen-bond acceptors (Lipinski definition) is 6. The third-order valence-corrected chi connectivity index (χ3v) is 11.1. The van der Waals surface area contributed by atoms with Crippen molar-refractivity contribution in [1.82, 2.24) is 15.3 Å². The molecule has 260 valence electrons. The summed E-state index contributed by atoms with van der Waals surface area (Å²) in [6.07, 6.45) is -0.475. The molecule has 1 unspecified atom stereocenters. The van der Waals surface area contributed by atoms with Gasteiger partial charge < -0.3 is 5.32 Å². The monoisotopic (exact) mass is 723 g/mol. The first-order chi connectivity index (χ1) is 27.2. The van der Waals surface area contributed by atoms with Crippen LogP contribution in [0.3, 0.4) is 0 Å². The summed E-state index contributed by atoms with van der Waals surface area (Å²) in [5.41, 5.74) is 9.95. The van der Waals surface area contributed by atoms with Crippen molar-refractivity contribution in [1.29, 1.82) is 0 Å². The SMILES string of the molecule is c1ccc(C2=NC(c3cccc(-c4cc(-c5ccc6c(c5)sc5ccccc56)nc(-c5ccccc5)n4)c3)N=C(c3cccc(-c4ccccc4)c3)N2)cc1. The van der Waals surface area contributed by atoms with Crippen LogP contribution < -0.4 is 5.32 Å². The fourth-order valence-corrected chi connectivity index (χ4v) is 8.31. The number of nitrogens with zero attached hydrogens (tertiary/aromatic N) is 4. The number of nitrogens with one attached hydrogen (secondary N) is 1. The first kappa shape index (κ1) is 32.6. The molecule has 0 fully saturated rings. The van der Waals surface area contributed by atoms with Crippen LogP contribution in [0.15, 0.2) is 198 Å². The number of hydrogen-bond donors (Lipinski definition) is 1. The molecule has 1 aliphatic heterocycles. The van der Waals surface area contributed by atoms with Gasteiger partial charge in [0.1, 0.15) is 11.7 Å². The normalized spacial score (nSPS) is 14.0. The molecule has 0 saturated carbocycles. The van der Waals surface area contributed by atoms with E-state index in [2.05, 4.69) is 151 Å². The molecule has 6 heteroatoms. The number of aliphatic imine (C=N–C) groups is 2. The highest BCUT2D eigenvalue weighted by molar-refractivity contribution is 7.25. The maximum absolute atomic E-state index is 5.23. The molecule has 0 saturated heterocycles. The van der Waals surface area contributed by atoms with E-state index in [0.29, 0.717) is 5.82 Å². The van der Waals surface area contributed by atoms with Gasteiger partial charge in [-0.25, -0.2) is 20.0 Å². The summed E-state index contributed by atoms with van der Waals surface area (Å²) in [7, 11) is 0. The molecule has 10 rings (SSSR count). The van der Waals surface area contributed by atoms with Crippen LogP contribution in [0.5, 0.6) is 0 Å². The van der Waals surface area contributed by atoms with Crippen LogP contribution in [0.4, 0.5) is 0 Å². The predicted molar refractivity (Wildman–Crippen MR) is 228 cm³/mol. The van der Waals surface area contributed by atoms with Crippen LogP contribution in [0, 0.1) is 0 Å². The molecule has 9 aromatic rings. The van der Waals surface area contributed by atoms with E-state index in [1.54, 1.807) is 0 Å². The van der Waals surface area contributed by atoms with E-state index in [1.807, 2.05) is 53.8 Å². The summed E-state index contributed by atoms with van der Waals surface area (Å²) < 4.78 is 2.52. The number of benzene rings is 7. The molecule has 55 heavy (non-hydrogen) atoms. The summed E-state index contributed by atoms with van der Waals surface area (Å²) in [5, 5.41) is 6.11. The van der Waals surface area contributed by atoms with Gasteiger partial charge in [-0.1, -0.05) is 158 Å². The van der Waals surface area contributed by atoms with E-state index in [9.17, 15) is 0 Å². The molecule has 0 radical (unpaired) electrons. The van der Waals surface area contributed by atoms with E-state index in [-0.39, 0.29) is 0 Å². The van der Waals surface area contributed by atoms with Gasteiger partial charge in [0, 0.05) is 48.0 Å². The molecule has 7 aromatic carbocycles. The topological polar surface area (TPSA) is 62.5 Å². The van der Waals surface area contributed by atoms with Gasteiger partial charge in [0.05, 0.1) is 11.4 Å². The van der Waals surface area contributed by atoms with Crippen LogP contribution in [-0.2, 0) is 0 Å². The van der Waals surface area contributed by atoms with Gasteiger partial charge in [0.25, 0.3) is 0 Å². The molecule has 0 aliphatic carbocycles. The lowest BCUT2D eigenvalue weighted by Crippen LogP contribution is -2.36. The summed E-state index contributed by atoms with van der Waals surface area (Å²) in [4.78, 5) is 20.7. The standard InChI is InChI=1S/C49H33N5S/c1-4-14-32(15-5-1)35-20-12-22-38(28-35)48-52-47(34-18-8-3-9-19-34)53-49(54-48)39-23-13-21-36(29-39)42-31-43(51-46(50-42)33-16-6-2-7-17-33)37-26-27-41-40-24-10-11-25-44(40)55-45(41)30-37/h1-31,49H,(H,52,53,54). The minimum absolute atomic E-state index is 0.475. The van der Waals surface area contributed by atoms with Gasteiger partial charge in [-0.3, -0.25) is 0 Å². The summed E-state index contributed by atoms with van der Waals surface area (Å²) in [6.45, 7) is 0. The van der Waals surface area contributed by atoms with Gasteiger partial charge in [0.15, 0.2) is 12.0 Å². The Labute approximate surface area is 323 Å². The van der Waals surface area contributed by atoms with Crippen molar-refractivity contribution in [2.75, 3.05) is 0 Å². The Morgan fingerprint density at radius 2 is 0.945 bits per heavy atom. The summed E-state index contributed by atoms with van der Waals surface area (Å²) >= 11 is 1.81. The lowest BCUT2D eigenvalue weighted by molar-refractivity contribution is 0.756. The Hall–Kier alpha value is -7.02. The van der Waals surface area contributed by atoms with Crippen molar-refractivity contribution < 1.29 is 0 Å². The number of fused-ring (bicyclic) bond motifs is 3. The smallest absolute Gasteiger partial charge is 0.169 e. The molecule has 1 aliphatic rings. The second-order valence-corrected chi connectivity index (χ2v) is 14.6. The van der Waals surface area contributed by atoms with Crippen molar-refractivity contribution >= 4 is 43.2 Å². The van der Waals surface area contributed by atoms with Crippen LogP contribution in [0.25, 0.3) is 65.2 Å². The van der Waals surface area contributed by atoms with Crippen molar-refractivity contribution in [2.24, 2.45) is 9.98 Å².